The number of hydrogen-bond donors (Lipinski definition) is 1. The molecule has 0 amide bonds. The maximum absolute atomic E-state index is 8.75. The van der Waals surface area contributed by atoms with Crippen LogP contribution >= 0.6 is 11.6 Å². The van der Waals surface area contributed by atoms with Crippen LogP contribution in [0, 0.1) is 11.8 Å². The molecule has 0 saturated heterocycles. The second kappa shape index (κ2) is 8.25. The molecule has 4 heteroatoms. The van der Waals surface area contributed by atoms with E-state index in [0.717, 1.165) is 22.4 Å². The van der Waals surface area contributed by atoms with Gasteiger partial charge in [-0.25, -0.2) is 4.98 Å². The summed E-state index contributed by atoms with van der Waals surface area (Å²) in [6.45, 7) is 0.000915. The molecule has 0 aliphatic heterocycles. The molecule has 3 nitrogen and oxygen atoms in total. The third kappa shape index (κ3) is 4.77. The van der Waals surface area contributed by atoms with Crippen molar-refractivity contribution in [2.24, 2.45) is 0 Å². The SMILES string of the molecule is OCC=Cc1ccc(C#Cc2ccc(-c3ccc(Cl)cc3)cn2)cn1. The zero-order chi connectivity index (χ0) is 17.5. The number of nitrogens with zero attached hydrogens (tertiary/aromatic N) is 2. The summed E-state index contributed by atoms with van der Waals surface area (Å²) < 4.78 is 0. The van der Waals surface area contributed by atoms with Crippen LogP contribution in [0.25, 0.3) is 17.2 Å². The van der Waals surface area contributed by atoms with Crippen molar-refractivity contribution < 1.29 is 5.11 Å². The van der Waals surface area contributed by atoms with Gasteiger partial charge in [0.1, 0.15) is 5.69 Å². The van der Waals surface area contributed by atoms with E-state index in [-0.39, 0.29) is 6.61 Å². The van der Waals surface area contributed by atoms with E-state index in [9.17, 15) is 0 Å². The van der Waals surface area contributed by atoms with Crippen molar-refractivity contribution in [3.05, 3.63) is 89.0 Å². The number of aromatic nitrogens is 2. The van der Waals surface area contributed by atoms with E-state index in [2.05, 4.69) is 21.8 Å². The zero-order valence-electron chi connectivity index (χ0n) is 13.4. The minimum absolute atomic E-state index is 0.000915. The number of aliphatic hydroxyl groups excluding tert-OH is 1. The first kappa shape index (κ1) is 16.9. The van der Waals surface area contributed by atoms with Gasteiger partial charge >= 0.3 is 0 Å². The summed E-state index contributed by atoms with van der Waals surface area (Å²) in [7, 11) is 0. The molecule has 2 heterocycles. The largest absolute Gasteiger partial charge is 0.392 e. The topological polar surface area (TPSA) is 46.0 Å². The highest BCUT2D eigenvalue weighted by Crippen LogP contribution is 2.20. The highest BCUT2D eigenvalue weighted by atomic mass is 35.5. The Bertz CT molecular complexity index is 919. The standard InChI is InChI=1S/C21H15ClN2O/c22-19-8-5-17(6-9-19)18-7-12-21(24-15-18)11-4-16-3-10-20(23-14-16)2-1-13-25/h1-3,5-10,12,14-15,25H,13H2. The van der Waals surface area contributed by atoms with Crippen LogP contribution in [0.2, 0.25) is 5.02 Å². The third-order valence-electron chi connectivity index (χ3n) is 3.46. The molecule has 2 aromatic heterocycles. The van der Waals surface area contributed by atoms with Gasteiger partial charge in [0.25, 0.3) is 0 Å². The Morgan fingerprint density at radius 3 is 2.32 bits per heavy atom. The Balaban J connectivity index is 1.72. The molecule has 0 unspecified atom stereocenters. The number of rotatable bonds is 3. The van der Waals surface area contributed by atoms with Gasteiger partial charge in [0.2, 0.25) is 0 Å². The lowest BCUT2D eigenvalue weighted by Crippen LogP contribution is -1.86. The molecular formula is C21H15ClN2O. The molecule has 0 saturated carbocycles. The van der Waals surface area contributed by atoms with Gasteiger partial charge in [-0.05, 0) is 47.9 Å². The van der Waals surface area contributed by atoms with Gasteiger partial charge < -0.3 is 5.11 Å². The molecule has 25 heavy (non-hydrogen) atoms. The highest BCUT2D eigenvalue weighted by Gasteiger charge is 1.98. The molecule has 0 radical (unpaired) electrons. The fourth-order valence-electron chi connectivity index (χ4n) is 2.17. The summed E-state index contributed by atoms with van der Waals surface area (Å²) in [5.41, 5.74) is 4.37. The molecule has 0 atom stereocenters. The molecule has 0 bridgehead atoms. The minimum atomic E-state index is 0.000915. The zero-order valence-corrected chi connectivity index (χ0v) is 14.1. The lowest BCUT2D eigenvalue weighted by Gasteiger charge is -2.01. The predicted molar refractivity (Wildman–Crippen MR) is 101 cm³/mol. The fraction of sp³-hybridized carbons (Fsp3) is 0.0476. The van der Waals surface area contributed by atoms with E-state index in [4.69, 9.17) is 16.7 Å². The van der Waals surface area contributed by atoms with Crippen LogP contribution in [0.4, 0.5) is 0 Å². The van der Waals surface area contributed by atoms with Crippen molar-refractivity contribution in [1.29, 1.82) is 0 Å². The molecule has 1 N–H and O–H groups in total. The quantitative estimate of drug-likeness (QED) is 0.723. The maximum Gasteiger partial charge on any atom is 0.113 e. The van der Waals surface area contributed by atoms with Crippen molar-refractivity contribution in [3.8, 4) is 23.0 Å². The highest BCUT2D eigenvalue weighted by molar-refractivity contribution is 6.30. The van der Waals surface area contributed by atoms with Crippen LogP contribution < -0.4 is 0 Å². The van der Waals surface area contributed by atoms with Crippen LogP contribution in [0.5, 0.6) is 0 Å². The van der Waals surface area contributed by atoms with Crippen molar-refractivity contribution in [3.63, 3.8) is 0 Å². The van der Waals surface area contributed by atoms with Gasteiger partial charge in [-0.2, -0.15) is 0 Å². The van der Waals surface area contributed by atoms with Crippen molar-refractivity contribution in [2.75, 3.05) is 6.61 Å². The molecule has 0 fully saturated rings. The normalized spacial score (nSPS) is 10.5. The second-order valence-corrected chi connectivity index (χ2v) is 5.68. The molecule has 3 aromatic rings. The van der Waals surface area contributed by atoms with Gasteiger partial charge in [0, 0.05) is 28.5 Å². The molecule has 122 valence electrons. The lowest BCUT2D eigenvalue weighted by atomic mass is 10.1. The number of aliphatic hydroxyl groups is 1. The summed E-state index contributed by atoms with van der Waals surface area (Å²) >= 11 is 5.90. The maximum atomic E-state index is 8.75. The van der Waals surface area contributed by atoms with Gasteiger partial charge in [-0.3, -0.25) is 4.98 Å². The number of halogens is 1. The molecule has 0 aliphatic carbocycles. The van der Waals surface area contributed by atoms with E-state index < -0.39 is 0 Å². The monoisotopic (exact) mass is 346 g/mol. The van der Waals surface area contributed by atoms with Gasteiger partial charge in [0.15, 0.2) is 0 Å². The Kier molecular flexibility index (Phi) is 5.58. The van der Waals surface area contributed by atoms with Crippen LogP contribution in [-0.2, 0) is 0 Å². The number of hydrogen-bond acceptors (Lipinski definition) is 3. The molecule has 1 aromatic carbocycles. The summed E-state index contributed by atoms with van der Waals surface area (Å²) in [6.07, 6.45) is 6.90. The number of benzene rings is 1. The summed E-state index contributed by atoms with van der Waals surface area (Å²) in [5, 5.41) is 9.46. The number of pyridine rings is 2. The van der Waals surface area contributed by atoms with E-state index >= 15 is 0 Å². The van der Waals surface area contributed by atoms with Crippen molar-refractivity contribution in [2.45, 2.75) is 0 Å². The second-order valence-electron chi connectivity index (χ2n) is 5.25. The third-order valence-corrected chi connectivity index (χ3v) is 3.71. The lowest BCUT2D eigenvalue weighted by molar-refractivity contribution is 0.343. The van der Waals surface area contributed by atoms with Crippen LogP contribution in [0.1, 0.15) is 17.0 Å². The van der Waals surface area contributed by atoms with E-state index in [1.807, 2.05) is 48.5 Å². The first-order chi connectivity index (χ1) is 12.2. The molecule has 3 rings (SSSR count). The van der Waals surface area contributed by atoms with Crippen LogP contribution in [0.3, 0.4) is 0 Å². The summed E-state index contributed by atoms with van der Waals surface area (Å²) in [6, 6.07) is 15.3. The van der Waals surface area contributed by atoms with Crippen molar-refractivity contribution >= 4 is 17.7 Å². The Morgan fingerprint density at radius 1 is 0.880 bits per heavy atom. The van der Waals surface area contributed by atoms with Gasteiger partial charge in [-0.15, -0.1) is 0 Å². The molecule has 0 spiro atoms. The Hall–Kier alpha value is -2.93. The van der Waals surface area contributed by atoms with Crippen LogP contribution in [-0.4, -0.2) is 21.7 Å². The minimum Gasteiger partial charge on any atom is -0.392 e. The van der Waals surface area contributed by atoms with E-state index in [1.54, 1.807) is 24.5 Å². The first-order valence-corrected chi connectivity index (χ1v) is 8.10. The predicted octanol–water partition coefficient (Wildman–Crippen LogP) is 4.20. The van der Waals surface area contributed by atoms with Crippen LogP contribution in [0.15, 0.2) is 67.0 Å². The van der Waals surface area contributed by atoms with E-state index in [0.29, 0.717) is 10.7 Å². The average molecular weight is 347 g/mol. The molecular weight excluding hydrogens is 332 g/mol. The summed E-state index contributed by atoms with van der Waals surface area (Å²) in [5.74, 6) is 6.08. The smallest absolute Gasteiger partial charge is 0.113 e. The molecule has 0 aliphatic rings. The van der Waals surface area contributed by atoms with Gasteiger partial charge in [-0.1, -0.05) is 41.8 Å². The van der Waals surface area contributed by atoms with Crippen molar-refractivity contribution in [1.82, 2.24) is 9.97 Å². The Morgan fingerprint density at radius 2 is 1.68 bits per heavy atom. The Labute approximate surface area is 151 Å². The van der Waals surface area contributed by atoms with E-state index in [1.165, 1.54) is 0 Å². The average Bonchev–Trinajstić information content (AvgIpc) is 2.67. The van der Waals surface area contributed by atoms with Gasteiger partial charge in [0.05, 0.1) is 12.3 Å². The summed E-state index contributed by atoms with van der Waals surface area (Å²) in [4.78, 5) is 8.64. The first-order valence-electron chi connectivity index (χ1n) is 7.72. The fourth-order valence-corrected chi connectivity index (χ4v) is 2.29.